The highest BCUT2D eigenvalue weighted by Crippen LogP contribution is 2.29. The van der Waals surface area contributed by atoms with Crippen LogP contribution in [0.1, 0.15) is 33.3 Å². The third-order valence-electron chi connectivity index (χ3n) is 3.41. The quantitative estimate of drug-likeness (QED) is 0.860. The molecule has 1 aliphatic rings. The Kier molecular flexibility index (Phi) is 4.06. The van der Waals surface area contributed by atoms with Crippen LogP contribution in [-0.2, 0) is 17.4 Å². The van der Waals surface area contributed by atoms with Crippen LogP contribution in [0.15, 0.2) is 12.4 Å². The van der Waals surface area contributed by atoms with Crippen molar-refractivity contribution in [2.45, 2.75) is 38.0 Å². The van der Waals surface area contributed by atoms with E-state index >= 15 is 0 Å². The third-order valence-corrected chi connectivity index (χ3v) is 4.66. The lowest BCUT2D eigenvalue weighted by Gasteiger charge is -2.21. The maximum atomic E-state index is 12.6. The van der Waals surface area contributed by atoms with E-state index in [1.165, 1.54) is 4.90 Å². The molecule has 0 radical (unpaired) electrons. The Hall–Kier alpha value is -1.50. The van der Waals surface area contributed by atoms with E-state index in [2.05, 4.69) is 31.2 Å². The summed E-state index contributed by atoms with van der Waals surface area (Å²) in [5.41, 5.74) is -0.313. The van der Waals surface area contributed by atoms with E-state index in [-0.39, 0.29) is 16.7 Å². The molecule has 1 saturated heterocycles. The molecule has 0 unspecified atom stereocenters. The van der Waals surface area contributed by atoms with Crippen LogP contribution in [0.2, 0.25) is 0 Å². The molecular weight excluding hydrogens is 288 g/mol. The van der Waals surface area contributed by atoms with Gasteiger partial charge in [0.2, 0.25) is 0 Å². The summed E-state index contributed by atoms with van der Waals surface area (Å²) >= 11 is 1.73. The summed E-state index contributed by atoms with van der Waals surface area (Å²) in [6, 6.07) is -0.333. The highest BCUT2D eigenvalue weighted by molar-refractivity contribution is 8.00. The SMILES string of the molecule is Cn1cc([C@]2(C)NC(=O)N(CCSC(C)(C)C)C2=O)cn1. The lowest BCUT2D eigenvalue weighted by molar-refractivity contribution is -0.130. The Bertz CT molecular complexity index is 564. The van der Waals surface area contributed by atoms with E-state index in [0.29, 0.717) is 12.1 Å². The first-order chi connectivity index (χ1) is 9.63. The molecule has 1 aliphatic heterocycles. The van der Waals surface area contributed by atoms with Crippen molar-refractivity contribution >= 4 is 23.7 Å². The van der Waals surface area contributed by atoms with E-state index in [4.69, 9.17) is 0 Å². The van der Waals surface area contributed by atoms with E-state index < -0.39 is 5.54 Å². The fourth-order valence-electron chi connectivity index (χ4n) is 2.22. The predicted molar refractivity (Wildman–Crippen MR) is 83.0 cm³/mol. The minimum atomic E-state index is -1.02. The fraction of sp³-hybridized carbons (Fsp3) is 0.643. The highest BCUT2D eigenvalue weighted by Gasteiger charge is 2.49. The number of aryl methyl sites for hydroxylation is 1. The van der Waals surface area contributed by atoms with Gasteiger partial charge in [-0.1, -0.05) is 20.8 Å². The number of carbonyl (C=O) groups excluding carboxylic acids is 2. The number of carbonyl (C=O) groups is 2. The van der Waals surface area contributed by atoms with Crippen molar-refractivity contribution in [1.82, 2.24) is 20.0 Å². The van der Waals surface area contributed by atoms with Crippen LogP contribution >= 0.6 is 11.8 Å². The van der Waals surface area contributed by atoms with Crippen LogP contribution in [0.4, 0.5) is 4.79 Å². The van der Waals surface area contributed by atoms with Crippen molar-refractivity contribution in [3.8, 4) is 0 Å². The zero-order valence-corrected chi connectivity index (χ0v) is 14.0. The number of thioether (sulfide) groups is 1. The molecule has 0 spiro atoms. The number of aromatic nitrogens is 2. The summed E-state index contributed by atoms with van der Waals surface area (Å²) < 4.78 is 1.74. The second kappa shape index (κ2) is 5.36. The summed E-state index contributed by atoms with van der Waals surface area (Å²) in [5, 5.41) is 6.86. The molecule has 1 atom stereocenters. The maximum Gasteiger partial charge on any atom is 0.325 e. The third kappa shape index (κ3) is 3.23. The molecule has 116 valence electrons. The summed E-state index contributed by atoms with van der Waals surface area (Å²) in [6.07, 6.45) is 3.37. The van der Waals surface area contributed by atoms with Gasteiger partial charge >= 0.3 is 6.03 Å². The van der Waals surface area contributed by atoms with Gasteiger partial charge in [0.25, 0.3) is 5.91 Å². The first kappa shape index (κ1) is 15.9. The molecule has 1 aromatic rings. The molecule has 7 heteroatoms. The number of nitrogens with one attached hydrogen (secondary N) is 1. The predicted octanol–water partition coefficient (Wildman–Crippen LogP) is 1.72. The molecule has 0 aromatic carbocycles. The van der Waals surface area contributed by atoms with E-state index in [0.717, 1.165) is 5.75 Å². The van der Waals surface area contributed by atoms with Gasteiger partial charge in [-0.3, -0.25) is 14.4 Å². The Balaban J connectivity index is 2.09. The van der Waals surface area contributed by atoms with Gasteiger partial charge in [0, 0.05) is 35.9 Å². The Morgan fingerprint density at radius 2 is 2.05 bits per heavy atom. The zero-order valence-electron chi connectivity index (χ0n) is 13.1. The molecular formula is C14H22N4O2S. The maximum absolute atomic E-state index is 12.6. The number of amides is 3. The monoisotopic (exact) mass is 310 g/mol. The molecule has 0 saturated carbocycles. The van der Waals surface area contributed by atoms with Gasteiger partial charge in [0.05, 0.1) is 6.20 Å². The molecule has 3 amide bonds. The second-order valence-electron chi connectivity index (χ2n) is 6.38. The number of hydrogen-bond acceptors (Lipinski definition) is 4. The smallest absolute Gasteiger partial charge is 0.319 e. The van der Waals surface area contributed by atoms with Crippen molar-refractivity contribution < 1.29 is 9.59 Å². The number of nitrogens with zero attached hydrogens (tertiary/aromatic N) is 3. The summed E-state index contributed by atoms with van der Waals surface area (Å²) in [5.74, 6) is 0.515. The standard InChI is InChI=1S/C14H22N4O2S/c1-13(2,3)21-7-6-18-11(19)14(4,16-12(18)20)10-8-15-17(5)9-10/h8-9H,6-7H2,1-5H3,(H,16,20)/t14-/m0/s1. The molecule has 2 rings (SSSR count). The van der Waals surface area contributed by atoms with Crippen molar-refractivity contribution in [2.24, 2.45) is 7.05 Å². The lowest BCUT2D eigenvalue weighted by Crippen LogP contribution is -2.41. The van der Waals surface area contributed by atoms with Gasteiger partial charge in [-0.05, 0) is 6.92 Å². The first-order valence-electron chi connectivity index (χ1n) is 6.91. The number of hydrogen-bond donors (Lipinski definition) is 1. The minimum absolute atomic E-state index is 0.117. The molecule has 0 aliphatic carbocycles. The molecule has 21 heavy (non-hydrogen) atoms. The zero-order chi connectivity index (χ0) is 15.8. The molecule has 1 N–H and O–H groups in total. The average Bonchev–Trinajstić information content (AvgIpc) is 2.86. The van der Waals surface area contributed by atoms with Crippen molar-refractivity contribution in [3.63, 3.8) is 0 Å². The Morgan fingerprint density at radius 3 is 2.57 bits per heavy atom. The molecule has 1 aromatic heterocycles. The summed E-state index contributed by atoms with van der Waals surface area (Å²) in [6.45, 7) is 8.49. The first-order valence-corrected chi connectivity index (χ1v) is 7.89. The number of urea groups is 1. The summed E-state index contributed by atoms with van der Waals surface area (Å²) in [7, 11) is 1.78. The Morgan fingerprint density at radius 1 is 1.38 bits per heavy atom. The van der Waals surface area contributed by atoms with E-state index in [1.807, 2.05) is 0 Å². The van der Waals surface area contributed by atoms with Gasteiger partial charge in [-0.2, -0.15) is 16.9 Å². The van der Waals surface area contributed by atoms with Crippen LogP contribution in [0.3, 0.4) is 0 Å². The van der Waals surface area contributed by atoms with Gasteiger partial charge < -0.3 is 5.32 Å². The van der Waals surface area contributed by atoms with Crippen molar-refractivity contribution in [3.05, 3.63) is 18.0 Å². The topological polar surface area (TPSA) is 67.2 Å². The van der Waals surface area contributed by atoms with Crippen LogP contribution in [0.5, 0.6) is 0 Å². The Labute approximate surface area is 129 Å². The van der Waals surface area contributed by atoms with E-state index in [1.54, 1.807) is 42.8 Å². The van der Waals surface area contributed by atoms with Gasteiger partial charge in [-0.15, -0.1) is 0 Å². The van der Waals surface area contributed by atoms with Gasteiger partial charge in [0.1, 0.15) is 5.54 Å². The van der Waals surface area contributed by atoms with Crippen LogP contribution in [0.25, 0.3) is 0 Å². The number of rotatable bonds is 4. The highest BCUT2D eigenvalue weighted by atomic mass is 32.2. The number of imide groups is 1. The summed E-state index contributed by atoms with van der Waals surface area (Å²) in [4.78, 5) is 26.0. The largest absolute Gasteiger partial charge is 0.325 e. The van der Waals surface area contributed by atoms with Gasteiger partial charge in [-0.25, -0.2) is 4.79 Å². The minimum Gasteiger partial charge on any atom is -0.319 e. The average molecular weight is 310 g/mol. The molecule has 6 nitrogen and oxygen atoms in total. The second-order valence-corrected chi connectivity index (χ2v) is 8.30. The molecule has 0 bridgehead atoms. The van der Waals surface area contributed by atoms with Crippen LogP contribution < -0.4 is 5.32 Å². The molecule has 1 fully saturated rings. The molecule has 2 heterocycles. The van der Waals surface area contributed by atoms with Crippen molar-refractivity contribution in [1.29, 1.82) is 0 Å². The lowest BCUT2D eigenvalue weighted by atomic mass is 9.95. The van der Waals surface area contributed by atoms with Crippen molar-refractivity contribution in [2.75, 3.05) is 12.3 Å². The fourth-order valence-corrected chi connectivity index (χ4v) is 3.10. The van der Waals surface area contributed by atoms with Crippen LogP contribution in [0, 0.1) is 0 Å². The van der Waals surface area contributed by atoms with Crippen LogP contribution in [-0.4, -0.2) is 43.7 Å². The normalized spacial score (nSPS) is 22.8. The van der Waals surface area contributed by atoms with E-state index in [9.17, 15) is 9.59 Å². The van der Waals surface area contributed by atoms with Gasteiger partial charge in [0.15, 0.2) is 0 Å².